The van der Waals surface area contributed by atoms with Crippen molar-refractivity contribution in [3.8, 4) is 0 Å². The van der Waals surface area contributed by atoms with E-state index in [0.29, 0.717) is 6.42 Å². The maximum Gasteiger partial charge on any atom is 0.417 e. The molecule has 0 fully saturated rings. The van der Waals surface area contributed by atoms with Crippen LogP contribution < -0.4 is 10.6 Å². The zero-order chi connectivity index (χ0) is 16.6. The van der Waals surface area contributed by atoms with Crippen molar-refractivity contribution >= 4 is 11.8 Å². The zero-order valence-corrected chi connectivity index (χ0v) is 12.3. The minimum atomic E-state index is -4.58. The molecule has 2 amide bonds. The Labute approximate surface area is 127 Å². The fourth-order valence-electron chi connectivity index (χ4n) is 1.83. The summed E-state index contributed by atoms with van der Waals surface area (Å²) in [5.74, 6) is -0.942. The summed E-state index contributed by atoms with van der Waals surface area (Å²) in [5.41, 5.74) is -1.40. The highest BCUT2D eigenvalue weighted by atomic mass is 19.4. The van der Waals surface area contributed by atoms with Gasteiger partial charge in [0, 0.05) is 19.5 Å². The van der Waals surface area contributed by atoms with Crippen LogP contribution in [0.3, 0.4) is 0 Å². The second-order valence-corrected chi connectivity index (χ2v) is 4.75. The summed E-state index contributed by atoms with van der Waals surface area (Å²) in [6.07, 6.45) is -2.50. The maximum absolute atomic E-state index is 12.8. The van der Waals surface area contributed by atoms with Crippen molar-refractivity contribution in [2.75, 3.05) is 13.1 Å². The van der Waals surface area contributed by atoms with Gasteiger partial charge in [-0.2, -0.15) is 13.2 Å². The number of benzene rings is 1. The molecule has 0 saturated heterocycles. The lowest BCUT2D eigenvalue weighted by Gasteiger charge is -2.12. The monoisotopic (exact) mass is 316 g/mol. The Morgan fingerprint density at radius 1 is 1.09 bits per heavy atom. The first kappa shape index (κ1) is 18.0. The number of amides is 2. The summed E-state index contributed by atoms with van der Waals surface area (Å²) in [6, 6.07) is 4.59. The van der Waals surface area contributed by atoms with Crippen LogP contribution in [-0.4, -0.2) is 24.9 Å². The SMILES string of the molecule is CCCCC(=O)NCCNC(=O)c1ccccc1C(F)(F)F. The molecule has 1 aromatic rings. The molecular formula is C15H19F3N2O2. The van der Waals surface area contributed by atoms with Gasteiger partial charge in [0.05, 0.1) is 11.1 Å². The molecule has 7 heteroatoms. The van der Waals surface area contributed by atoms with Gasteiger partial charge in [0.15, 0.2) is 0 Å². The number of carbonyl (C=O) groups excluding carboxylic acids is 2. The molecule has 0 aromatic heterocycles. The highest BCUT2D eigenvalue weighted by molar-refractivity contribution is 5.95. The van der Waals surface area contributed by atoms with Gasteiger partial charge in [0.2, 0.25) is 5.91 Å². The van der Waals surface area contributed by atoms with Gasteiger partial charge < -0.3 is 10.6 Å². The molecule has 0 atom stereocenters. The first-order valence-corrected chi connectivity index (χ1v) is 7.07. The quantitative estimate of drug-likeness (QED) is 0.760. The van der Waals surface area contributed by atoms with Gasteiger partial charge in [0.1, 0.15) is 0 Å². The van der Waals surface area contributed by atoms with Gasteiger partial charge >= 0.3 is 6.18 Å². The molecule has 0 bridgehead atoms. The number of halogens is 3. The van der Waals surface area contributed by atoms with E-state index in [-0.39, 0.29) is 19.0 Å². The van der Waals surface area contributed by atoms with Crippen LogP contribution in [0.1, 0.15) is 42.1 Å². The molecule has 122 valence electrons. The van der Waals surface area contributed by atoms with Crippen molar-refractivity contribution in [3.63, 3.8) is 0 Å². The van der Waals surface area contributed by atoms with Crippen LogP contribution in [0.5, 0.6) is 0 Å². The lowest BCUT2D eigenvalue weighted by Crippen LogP contribution is -2.35. The minimum absolute atomic E-state index is 0.0723. The molecule has 1 aromatic carbocycles. The summed E-state index contributed by atoms with van der Waals surface area (Å²) in [7, 11) is 0. The molecule has 0 spiro atoms. The van der Waals surface area contributed by atoms with Gasteiger partial charge in [0.25, 0.3) is 5.91 Å². The second kappa shape index (κ2) is 8.41. The molecular weight excluding hydrogens is 297 g/mol. The van der Waals surface area contributed by atoms with E-state index in [2.05, 4.69) is 10.6 Å². The fourth-order valence-corrected chi connectivity index (χ4v) is 1.83. The normalized spacial score (nSPS) is 11.1. The molecule has 0 unspecified atom stereocenters. The predicted octanol–water partition coefficient (Wildman–Crippen LogP) is 2.74. The largest absolute Gasteiger partial charge is 0.417 e. The van der Waals surface area contributed by atoms with Crippen molar-refractivity contribution in [2.45, 2.75) is 32.4 Å². The number of nitrogens with one attached hydrogen (secondary N) is 2. The predicted molar refractivity (Wildman–Crippen MR) is 76.3 cm³/mol. The van der Waals surface area contributed by atoms with E-state index < -0.39 is 23.2 Å². The van der Waals surface area contributed by atoms with Crippen LogP contribution in [0.15, 0.2) is 24.3 Å². The number of hydrogen-bond acceptors (Lipinski definition) is 2. The molecule has 0 aliphatic carbocycles. The van der Waals surface area contributed by atoms with Gasteiger partial charge in [-0.1, -0.05) is 25.5 Å². The van der Waals surface area contributed by atoms with Gasteiger partial charge in [-0.25, -0.2) is 0 Å². The van der Waals surface area contributed by atoms with E-state index in [1.54, 1.807) is 0 Å². The Balaban J connectivity index is 2.49. The molecule has 0 radical (unpaired) electrons. The smallest absolute Gasteiger partial charge is 0.354 e. The number of carbonyl (C=O) groups is 2. The minimum Gasteiger partial charge on any atom is -0.354 e. The van der Waals surface area contributed by atoms with Crippen LogP contribution in [0.2, 0.25) is 0 Å². The molecule has 2 N–H and O–H groups in total. The summed E-state index contributed by atoms with van der Waals surface area (Å²) >= 11 is 0. The van der Waals surface area contributed by atoms with Crippen molar-refractivity contribution < 1.29 is 22.8 Å². The van der Waals surface area contributed by atoms with Crippen molar-refractivity contribution in [2.24, 2.45) is 0 Å². The highest BCUT2D eigenvalue weighted by Gasteiger charge is 2.34. The maximum atomic E-state index is 12.8. The van der Waals surface area contributed by atoms with E-state index >= 15 is 0 Å². The molecule has 1 rings (SSSR count). The van der Waals surface area contributed by atoms with Crippen LogP contribution in [-0.2, 0) is 11.0 Å². The van der Waals surface area contributed by atoms with Crippen LogP contribution in [0.4, 0.5) is 13.2 Å². The number of unbranched alkanes of at least 4 members (excludes halogenated alkanes) is 1. The zero-order valence-electron chi connectivity index (χ0n) is 12.3. The van der Waals surface area contributed by atoms with Crippen LogP contribution >= 0.6 is 0 Å². The van der Waals surface area contributed by atoms with E-state index in [9.17, 15) is 22.8 Å². The van der Waals surface area contributed by atoms with E-state index in [4.69, 9.17) is 0 Å². The van der Waals surface area contributed by atoms with Gasteiger partial charge in [-0.05, 0) is 18.6 Å². The molecule has 0 heterocycles. The van der Waals surface area contributed by atoms with Crippen molar-refractivity contribution in [1.29, 1.82) is 0 Å². The Morgan fingerprint density at radius 3 is 2.36 bits per heavy atom. The average molecular weight is 316 g/mol. The summed E-state index contributed by atoms with van der Waals surface area (Å²) in [5, 5.41) is 4.96. The molecule has 0 aliphatic rings. The second-order valence-electron chi connectivity index (χ2n) is 4.75. The lowest BCUT2D eigenvalue weighted by molar-refractivity contribution is -0.138. The Bertz CT molecular complexity index is 516. The first-order chi connectivity index (χ1) is 10.4. The first-order valence-electron chi connectivity index (χ1n) is 7.07. The molecule has 0 aliphatic heterocycles. The lowest BCUT2D eigenvalue weighted by atomic mass is 10.1. The van der Waals surface area contributed by atoms with Crippen molar-refractivity contribution in [1.82, 2.24) is 10.6 Å². The summed E-state index contributed by atoms with van der Waals surface area (Å²) < 4.78 is 38.4. The third-order valence-corrected chi connectivity index (χ3v) is 2.97. The van der Waals surface area contributed by atoms with Crippen LogP contribution in [0, 0.1) is 0 Å². The summed E-state index contributed by atoms with van der Waals surface area (Å²) in [4.78, 5) is 23.1. The highest BCUT2D eigenvalue weighted by Crippen LogP contribution is 2.31. The third-order valence-electron chi connectivity index (χ3n) is 2.97. The Morgan fingerprint density at radius 2 is 1.73 bits per heavy atom. The number of rotatable bonds is 7. The Kier molecular flexibility index (Phi) is 6.88. The number of hydrogen-bond donors (Lipinski definition) is 2. The van der Waals surface area contributed by atoms with Gasteiger partial charge in [-0.3, -0.25) is 9.59 Å². The molecule has 4 nitrogen and oxygen atoms in total. The topological polar surface area (TPSA) is 58.2 Å². The summed E-state index contributed by atoms with van der Waals surface area (Å²) in [6.45, 7) is 2.22. The number of alkyl halides is 3. The van der Waals surface area contributed by atoms with Crippen molar-refractivity contribution in [3.05, 3.63) is 35.4 Å². The fraction of sp³-hybridized carbons (Fsp3) is 0.467. The molecule has 22 heavy (non-hydrogen) atoms. The average Bonchev–Trinajstić information content (AvgIpc) is 2.48. The van der Waals surface area contributed by atoms with Gasteiger partial charge in [-0.15, -0.1) is 0 Å². The van der Waals surface area contributed by atoms with Crippen LogP contribution in [0.25, 0.3) is 0 Å². The third kappa shape index (κ3) is 5.75. The standard InChI is InChI=1S/C15H19F3N2O2/c1-2-3-8-13(21)19-9-10-20-14(22)11-6-4-5-7-12(11)15(16,17)18/h4-7H,2-3,8-10H2,1H3,(H,19,21)(H,20,22). The van der Waals surface area contributed by atoms with E-state index in [1.165, 1.54) is 12.1 Å². The Hall–Kier alpha value is -2.05. The van der Waals surface area contributed by atoms with E-state index in [1.807, 2.05) is 6.92 Å². The molecule has 0 saturated carbocycles. The van der Waals surface area contributed by atoms with E-state index in [0.717, 1.165) is 25.0 Å².